The topological polar surface area (TPSA) is 117 Å². The molecule has 0 unspecified atom stereocenters. The molecule has 0 amide bonds. The van der Waals surface area contributed by atoms with E-state index >= 15 is 0 Å². The molecule has 10 heteroatoms. The number of benzene rings is 1. The molecular weight excluding hydrogens is 424 g/mol. The van der Waals surface area contributed by atoms with E-state index in [-0.39, 0.29) is 13.0 Å². The summed E-state index contributed by atoms with van der Waals surface area (Å²) < 4.78 is 8.85. The van der Waals surface area contributed by atoms with E-state index in [1.165, 1.54) is 0 Å². The number of aliphatic carboxylic acids is 1. The molecule has 3 heterocycles. The van der Waals surface area contributed by atoms with Gasteiger partial charge in [-0.15, -0.1) is 0 Å². The van der Waals surface area contributed by atoms with Gasteiger partial charge >= 0.3 is 5.97 Å². The second-order valence-corrected chi connectivity index (χ2v) is 7.61. The summed E-state index contributed by atoms with van der Waals surface area (Å²) in [6.45, 7) is 0.286. The Morgan fingerprint density at radius 1 is 1.27 bits per heavy atom. The summed E-state index contributed by atoms with van der Waals surface area (Å²) in [6.07, 6.45) is 6.69. The Balaban J connectivity index is 1.89. The van der Waals surface area contributed by atoms with Gasteiger partial charge in [-0.25, -0.2) is 14.7 Å². The molecule has 0 radical (unpaired) electrons. The Morgan fingerprint density at radius 3 is 2.67 bits per heavy atom. The van der Waals surface area contributed by atoms with Crippen LogP contribution in [0.15, 0.2) is 53.9 Å². The molecule has 1 aliphatic heterocycles. The van der Waals surface area contributed by atoms with Crippen LogP contribution in [0, 0.1) is 0 Å². The third-order valence-electron chi connectivity index (χ3n) is 5.21. The summed E-state index contributed by atoms with van der Waals surface area (Å²) in [5.74, 6) is 0.501. The summed E-state index contributed by atoms with van der Waals surface area (Å²) in [6, 6.07) is 7.61. The summed E-state index contributed by atoms with van der Waals surface area (Å²) in [7, 11) is 5.37. The number of hydrogen-bond donors (Lipinski definition) is 2. The monoisotopic (exact) mass is 449 g/mol. The number of rotatable bonds is 8. The van der Waals surface area contributed by atoms with Gasteiger partial charge in [0.05, 0.1) is 39.1 Å². The Labute approximate surface area is 190 Å². The SMILES string of the molecule is COc1ccc(C2=CC(=Nc3cnn(CCO)c3N(C)C)c3c(CC(=O)O)ncc[n+]32)cc1. The van der Waals surface area contributed by atoms with Gasteiger partial charge in [-0.1, -0.05) is 0 Å². The van der Waals surface area contributed by atoms with Crippen LogP contribution in [0.2, 0.25) is 0 Å². The van der Waals surface area contributed by atoms with E-state index in [4.69, 9.17) is 9.73 Å². The van der Waals surface area contributed by atoms with Crippen molar-refractivity contribution in [3.63, 3.8) is 0 Å². The van der Waals surface area contributed by atoms with Crippen LogP contribution in [0.25, 0.3) is 5.70 Å². The minimum Gasteiger partial charge on any atom is -0.497 e. The maximum absolute atomic E-state index is 11.5. The highest BCUT2D eigenvalue weighted by atomic mass is 16.5. The number of aliphatic hydroxyl groups is 1. The van der Waals surface area contributed by atoms with E-state index in [0.29, 0.717) is 29.3 Å². The highest BCUT2D eigenvalue weighted by molar-refractivity contribution is 6.14. The lowest BCUT2D eigenvalue weighted by Crippen LogP contribution is -2.36. The van der Waals surface area contributed by atoms with E-state index in [1.807, 2.05) is 53.9 Å². The van der Waals surface area contributed by atoms with Crippen LogP contribution < -0.4 is 14.2 Å². The highest BCUT2D eigenvalue weighted by Crippen LogP contribution is 2.30. The maximum Gasteiger partial charge on any atom is 0.309 e. The van der Waals surface area contributed by atoms with E-state index in [9.17, 15) is 15.0 Å². The first kappa shape index (κ1) is 22.2. The standard InChI is InChI=1S/C23H24N6O4/c1-27(2)23-19(14-25-29(23)10-11-30)26-18-12-20(15-4-6-16(33-3)7-5-15)28-9-8-24-17(22(18)28)13-21(31)32/h4-9,12,14,30H,10-11,13H2,1-3H3/p+1. The molecule has 0 aliphatic carbocycles. The summed E-state index contributed by atoms with van der Waals surface area (Å²) >= 11 is 0. The number of aromatic nitrogens is 4. The molecule has 170 valence electrons. The van der Waals surface area contributed by atoms with Crippen LogP contribution in [-0.2, 0) is 17.8 Å². The first-order valence-corrected chi connectivity index (χ1v) is 10.3. The molecule has 0 bridgehead atoms. The third-order valence-corrected chi connectivity index (χ3v) is 5.21. The lowest BCUT2D eigenvalue weighted by Gasteiger charge is -2.15. The van der Waals surface area contributed by atoms with Crippen molar-refractivity contribution in [2.45, 2.75) is 13.0 Å². The van der Waals surface area contributed by atoms with Crippen molar-refractivity contribution < 1.29 is 24.3 Å². The fourth-order valence-electron chi connectivity index (χ4n) is 3.84. The number of carboxylic acids is 1. The molecule has 33 heavy (non-hydrogen) atoms. The molecule has 2 N–H and O–H groups in total. The normalized spacial score (nSPS) is 13.7. The number of carboxylic acid groups (broad SMARTS) is 1. The van der Waals surface area contributed by atoms with Gasteiger partial charge in [-0.05, 0) is 24.3 Å². The number of methoxy groups -OCH3 is 1. The van der Waals surface area contributed by atoms with Gasteiger partial charge in [0.25, 0.3) is 5.69 Å². The number of ether oxygens (including phenoxy) is 1. The number of anilines is 1. The number of aliphatic imine (C=N–C) groups is 1. The molecule has 0 saturated carbocycles. The molecule has 0 fully saturated rings. The largest absolute Gasteiger partial charge is 0.497 e. The van der Waals surface area contributed by atoms with Crippen LogP contribution in [0.3, 0.4) is 0 Å². The molecule has 10 nitrogen and oxygen atoms in total. The lowest BCUT2D eigenvalue weighted by atomic mass is 10.1. The molecular formula is C23H25N6O4+. The predicted octanol–water partition coefficient (Wildman–Crippen LogP) is 1.28. The average Bonchev–Trinajstić information content (AvgIpc) is 3.36. The average molecular weight is 449 g/mol. The number of allylic oxidation sites excluding steroid dienone is 1. The fourth-order valence-corrected chi connectivity index (χ4v) is 3.84. The minimum atomic E-state index is -0.974. The summed E-state index contributed by atoms with van der Waals surface area (Å²) in [4.78, 5) is 22.6. The molecule has 3 aromatic rings. The van der Waals surface area contributed by atoms with Crippen molar-refractivity contribution in [1.29, 1.82) is 0 Å². The lowest BCUT2D eigenvalue weighted by molar-refractivity contribution is -0.578. The van der Waals surface area contributed by atoms with Gasteiger partial charge < -0.3 is 19.8 Å². The van der Waals surface area contributed by atoms with Crippen LogP contribution >= 0.6 is 0 Å². The van der Waals surface area contributed by atoms with Gasteiger partial charge in [0, 0.05) is 25.7 Å². The van der Waals surface area contributed by atoms with Crippen molar-refractivity contribution in [2.24, 2.45) is 4.99 Å². The van der Waals surface area contributed by atoms with Crippen LogP contribution in [-0.4, -0.2) is 64.5 Å². The quantitative estimate of drug-likeness (QED) is 0.498. The molecule has 0 spiro atoms. The van der Waals surface area contributed by atoms with Crippen LogP contribution in [0.5, 0.6) is 5.75 Å². The van der Waals surface area contributed by atoms with Crippen molar-refractivity contribution in [1.82, 2.24) is 14.8 Å². The zero-order chi connectivity index (χ0) is 23.5. The maximum atomic E-state index is 11.5. The van der Waals surface area contributed by atoms with E-state index in [0.717, 1.165) is 22.8 Å². The zero-order valence-corrected chi connectivity index (χ0v) is 18.6. The Kier molecular flexibility index (Phi) is 6.18. The van der Waals surface area contributed by atoms with Gasteiger partial charge in [-0.3, -0.25) is 4.79 Å². The predicted molar refractivity (Wildman–Crippen MR) is 122 cm³/mol. The van der Waals surface area contributed by atoms with E-state index in [2.05, 4.69) is 10.1 Å². The number of nitrogens with zero attached hydrogens (tertiary/aromatic N) is 6. The smallest absolute Gasteiger partial charge is 0.309 e. The molecule has 1 aliphatic rings. The van der Waals surface area contributed by atoms with Gasteiger partial charge in [0.1, 0.15) is 22.8 Å². The van der Waals surface area contributed by atoms with Crippen molar-refractivity contribution >= 4 is 28.9 Å². The second kappa shape index (κ2) is 9.21. The molecule has 0 saturated heterocycles. The van der Waals surface area contributed by atoms with Gasteiger partial charge in [0.15, 0.2) is 12.0 Å². The number of fused-ring (bicyclic) bond motifs is 1. The third kappa shape index (κ3) is 4.33. The van der Waals surface area contributed by atoms with Crippen molar-refractivity contribution in [3.05, 3.63) is 65.9 Å². The molecule has 0 atom stereocenters. The number of aliphatic hydroxyl groups excluding tert-OH is 1. The summed E-state index contributed by atoms with van der Waals surface area (Å²) in [5, 5.41) is 23.1. The van der Waals surface area contributed by atoms with Crippen molar-refractivity contribution in [2.75, 3.05) is 32.7 Å². The molecule has 4 rings (SSSR count). The fraction of sp³-hybridized carbons (Fsp3) is 0.261. The Bertz CT molecular complexity index is 1240. The van der Waals surface area contributed by atoms with Gasteiger partial charge in [-0.2, -0.15) is 9.67 Å². The van der Waals surface area contributed by atoms with Gasteiger partial charge in [0.2, 0.25) is 5.70 Å². The van der Waals surface area contributed by atoms with Crippen LogP contribution in [0.1, 0.15) is 17.0 Å². The molecule has 1 aromatic carbocycles. The van der Waals surface area contributed by atoms with E-state index < -0.39 is 5.97 Å². The van der Waals surface area contributed by atoms with E-state index in [1.54, 1.807) is 30.4 Å². The van der Waals surface area contributed by atoms with Crippen LogP contribution in [0.4, 0.5) is 11.5 Å². The second-order valence-electron chi connectivity index (χ2n) is 7.61. The first-order valence-electron chi connectivity index (χ1n) is 10.3. The first-order chi connectivity index (χ1) is 15.9. The highest BCUT2D eigenvalue weighted by Gasteiger charge is 2.34. The molecule has 2 aromatic heterocycles. The minimum absolute atomic E-state index is 0.0502. The summed E-state index contributed by atoms with van der Waals surface area (Å²) in [5.41, 5.74) is 3.98. The van der Waals surface area contributed by atoms with Crippen molar-refractivity contribution in [3.8, 4) is 5.75 Å². The Hall–Kier alpha value is -4.05. The zero-order valence-electron chi connectivity index (χ0n) is 18.6. The number of hydrogen-bond acceptors (Lipinski definition) is 7. The number of carbonyl (C=O) groups is 1. The Morgan fingerprint density at radius 2 is 2.03 bits per heavy atom.